The summed E-state index contributed by atoms with van der Waals surface area (Å²) in [5.74, 6) is -3.63. The van der Waals surface area contributed by atoms with Gasteiger partial charge in [-0.2, -0.15) is 18.3 Å². The molecular formula is C27H31F5N8O4. The quantitative estimate of drug-likeness (QED) is 0.317. The molecule has 1 aliphatic heterocycles. The van der Waals surface area contributed by atoms with Gasteiger partial charge in [-0.15, -0.1) is 0 Å². The van der Waals surface area contributed by atoms with E-state index < -0.39 is 48.7 Å². The number of urea groups is 1. The van der Waals surface area contributed by atoms with E-state index in [0.29, 0.717) is 22.6 Å². The van der Waals surface area contributed by atoms with Gasteiger partial charge in [-0.1, -0.05) is 5.16 Å². The summed E-state index contributed by atoms with van der Waals surface area (Å²) in [6, 6.07) is -2.83. The molecule has 3 amide bonds. The van der Waals surface area contributed by atoms with Crippen LogP contribution in [0.5, 0.6) is 0 Å². The van der Waals surface area contributed by atoms with Gasteiger partial charge in [-0.05, 0) is 54.8 Å². The number of ether oxygens (including phenoxy) is 1. The number of aromatic nitrogens is 5. The van der Waals surface area contributed by atoms with Crippen molar-refractivity contribution in [3.63, 3.8) is 0 Å². The van der Waals surface area contributed by atoms with Crippen molar-refractivity contribution in [3.05, 3.63) is 41.1 Å². The summed E-state index contributed by atoms with van der Waals surface area (Å²) < 4.78 is 79.6. The van der Waals surface area contributed by atoms with Crippen LogP contribution in [-0.2, 0) is 4.74 Å². The van der Waals surface area contributed by atoms with Gasteiger partial charge in [0.1, 0.15) is 11.7 Å². The Hall–Kier alpha value is -3.89. The van der Waals surface area contributed by atoms with Crippen LogP contribution in [0.15, 0.2) is 23.1 Å². The van der Waals surface area contributed by atoms with Crippen molar-refractivity contribution in [1.82, 2.24) is 40.4 Å². The summed E-state index contributed by atoms with van der Waals surface area (Å²) in [6.07, 6.45) is -0.0790. The highest BCUT2D eigenvalue weighted by Crippen LogP contribution is 2.43. The molecule has 3 aromatic rings. The number of nitrogens with zero attached hydrogens (tertiary/aromatic N) is 6. The predicted molar refractivity (Wildman–Crippen MR) is 141 cm³/mol. The van der Waals surface area contributed by atoms with E-state index >= 15 is 0 Å². The Morgan fingerprint density at radius 2 is 1.98 bits per heavy atom. The Morgan fingerprint density at radius 3 is 2.64 bits per heavy atom. The average Bonchev–Trinajstić information content (AvgIpc) is 3.35. The monoisotopic (exact) mass is 626 g/mol. The summed E-state index contributed by atoms with van der Waals surface area (Å²) in [6.45, 7) is -0.419. The van der Waals surface area contributed by atoms with Crippen LogP contribution in [0.25, 0.3) is 5.65 Å². The molecule has 44 heavy (non-hydrogen) atoms. The van der Waals surface area contributed by atoms with Gasteiger partial charge in [-0.25, -0.2) is 27.7 Å². The SMILES string of the molecule is COCCC(c1cnn2cc(C(NC(=O)c3nonc3C3CC3)C3CCC(F)(F)CC3)nc2c1)N1CC(C(F)(F)F)NC1=O. The van der Waals surface area contributed by atoms with Crippen LogP contribution in [0.2, 0.25) is 0 Å². The van der Waals surface area contributed by atoms with Gasteiger partial charge in [-0.3, -0.25) is 4.79 Å². The van der Waals surface area contributed by atoms with E-state index in [2.05, 4.69) is 25.7 Å². The fourth-order valence-corrected chi connectivity index (χ4v) is 6.00. The van der Waals surface area contributed by atoms with Gasteiger partial charge in [0.05, 0.1) is 36.7 Å². The number of nitrogens with one attached hydrogen (secondary N) is 2. The van der Waals surface area contributed by atoms with Crippen LogP contribution >= 0.6 is 0 Å². The molecule has 4 heterocycles. The number of fused-ring (bicyclic) bond motifs is 1. The molecule has 12 nitrogen and oxygen atoms in total. The van der Waals surface area contributed by atoms with Crippen molar-refractivity contribution in [2.45, 2.75) is 81.1 Å². The zero-order chi connectivity index (χ0) is 31.2. The first-order valence-electron chi connectivity index (χ1n) is 14.4. The van der Waals surface area contributed by atoms with Gasteiger partial charge >= 0.3 is 12.2 Å². The molecule has 3 aliphatic rings. The highest BCUT2D eigenvalue weighted by molar-refractivity contribution is 5.93. The number of methoxy groups -OCH3 is 1. The van der Waals surface area contributed by atoms with Crippen LogP contribution in [0.4, 0.5) is 26.7 Å². The Bertz CT molecular complexity index is 1510. The van der Waals surface area contributed by atoms with E-state index in [0.717, 1.165) is 17.7 Å². The molecule has 2 saturated carbocycles. The number of carbonyl (C=O) groups excluding carboxylic acids is 2. The predicted octanol–water partition coefficient (Wildman–Crippen LogP) is 4.32. The second-order valence-electron chi connectivity index (χ2n) is 11.7. The third kappa shape index (κ3) is 6.19. The summed E-state index contributed by atoms with van der Waals surface area (Å²) in [5, 5.41) is 16.9. The lowest BCUT2D eigenvalue weighted by molar-refractivity contribution is -0.150. The summed E-state index contributed by atoms with van der Waals surface area (Å²) >= 11 is 0. The molecule has 3 aromatic heterocycles. The summed E-state index contributed by atoms with van der Waals surface area (Å²) in [4.78, 5) is 31.7. The van der Waals surface area contributed by atoms with Gasteiger partial charge < -0.3 is 20.3 Å². The number of rotatable bonds is 10. The minimum atomic E-state index is -4.61. The van der Waals surface area contributed by atoms with Crippen molar-refractivity contribution in [3.8, 4) is 0 Å². The fraction of sp³-hybridized carbons (Fsp3) is 0.630. The molecular weight excluding hydrogens is 595 g/mol. The second kappa shape index (κ2) is 11.6. The lowest BCUT2D eigenvalue weighted by Gasteiger charge is -2.33. The second-order valence-corrected chi connectivity index (χ2v) is 11.7. The van der Waals surface area contributed by atoms with E-state index in [-0.39, 0.29) is 56.2 Å². The maximum absolute atomic E-state index is 14.0. The van der Waals surface area contributed by atoms with Crippen molar-refractivity contribution in [1.29, 1.82) is 0 Å². The van der Waals surface area contributed by atoms with Crippen LogP contribution in [0.3, 0.4) is 0 Å². The Labute approximate surface area is 247 Å². The maximum atomic E-state index is 14.0. The molecule has 0 bridgehead atoms. The molecule has 2 N–H and O–H groups in total. The first-order valence-corrected chi connectivity index (χ1v) is 14.4. The molecule has 3 unspecified atom stereocenters. The zero-order valence-corrected chi connectivity index (χ0v) is 23.7. The molecule has 6 rings (SSSR count). The summed E-state index contributed by atoms with van der Waals surface area (Å²) in [5.41, 5.74) is 1.61. The molecule has 3 atom stereocenters. The molecule has 17 heteroatoms. The van der Waals surface area contributed by atoms with E-state index in [4.69, 9.17) is 9.37 Å². The largest absolute Gasteiger partial charge is 0.410 e. The van der Waals surface area contributed by atoms with Crippen LogP contribution in [0, 0.1) is 5.92 Å². The van der Waals surface area contributed by atoms with E-state index in [1.807, 2.05) is 5.32 Å². The zero-order valence-electron chi connectivity index (χ0n) is 23.7. The van der Waals surface area contributed by atoms with Crippen molar-refractivity contribution >= 4 is 17.6 Å². The van der Waals surface area contributed by atoms with Gasteiger partial charge in [0.2, 0.25) is 5.92 Å². The van der Waals surface area contributed by atoms with Crippen LogP contribution in [0.1, 0.15) is 90.4 Å². The van der Waals surface area contributed by atoms with Crippen molar-refractivity contribution in [2.24, 2.45) is 5.92 Å². The topological polar surface area (TPSA) is 140 Å². The first kappa shape index (κ1) is 30.1. The third-order valence-electron chi connectivity index (χ3n) is 8.58. The Morgan fingerprint density at radius 1 is 1.23 bits per heavy atom. The Kier molecular flexibility index (Phi) is 7.92. The standard InChI is InChI=1S/C27H31F5N8O4/c1-43-9-6-18(39-13-19(27(30,31)32)35-25(39)42)16-10-20-34-17(12-40(20)33-11-16)21(15-4-7-26(28,29)8-5-15)36-24(41)23-22(14-2-3-14)37-44-38-23/h10-12,14-15,18-19,21H,2-9,13H2,1H3,(H,35,42)(H,36,41). The van der Waals surface area contributed by atoms with Gasteiger partial charge in [0.25, 0.3) is 5.91 Å². The van der Waals surface area contributed by atoms with Crippen molar-refractivity contribution < 1.29 is 40.9 Å². The first-order chi connectivity index (χ1) is 20.9. The number of hydrogen-bond donors (Lipinski definition) is 2. The number of amides is 3. The summed E-state index contributed by atoms with van der Waals surface area (Å²) in [7, 11) is 1.44. The minimum Gasteiger partial charge on any atom is -0.385 e. The number of alkyl halides is 5. The molecule has 0 spiro atoms. The molecule has 3 fully saturated rings. The van der Waals surface area contributed by atoms with Gasteiger partial charge in [0.15, 0.2) is 11.3 Å². The Balaban J connectivity index is 1.30. The number of carbonyl (C=O) groups is 2. The third-order valence-corrected chi connectivity index (χ3v) is 8.58. The fourth-order valence-electron chi connectivity index (χ4n) is 6.00. The van der Waals surface area contributed by atoms with E-state index in [1.165, 1.54) is 17.8 Å². The molecule has 0 aromatic carbocycles. The lowest BCUT2D eigenvalue weighted by atomic mass is 9.81. The smallest absolute Gasteiger partial charge is 0.385 e. The minimum absolute atomic E-state index is 0.0462. The molecule has 0 radical (unpaired) electrons. The number of halogens is 5. The highest BCUT2D eigenvalue weighted by Gasteiger charge is 2.48. The molecule has 2 aliphatic carbocycles. The number of imidazole rings is 1. The molecule has 238 valence electrons. The normalized spacial score (nSPS) is 22.3. The highest BCUT2D eigenvalue weighted by atomic mass is 19.4. The molecule has 1 saturated heterocycles. The lowest BCUT2D eigenvalue weighted by Crippen LogP contribution is -2.40. The average molecular weight is 627 g/mol. The maximum Gasteiger partial charge on any atom is 0.410 e. The van der Waals surface area contributed by atoms with Crippen LogP contribution in [-0.4, -0.2) is 80.2 Å². The van der Waals surface area contributed by atoms with E-state index in [1.54, 1.807) is 12.3 Å². The van der Waals surface area contributed by atoms with Crippen LogP contribution < -0.4 is 10.6 Å². The van der Waals surface area contributed by atoms with Gasteiger partial charge in [0, 0.05) is 32.5 Å². The van der Waals surface area contributed by atoms with Crippen molar-refractivity contribution in [2.75, 3.05) is 20.3 Å². The number of hydrogen-bond acceptors (Lipinski definition) is 8. The van der Waals surface area contributed by atoms with E-state index in [9.17, 15) is 31.5 Å².